The molecule has 0 spiro atoms. The van der Waals surface area contributed by atoms with E-state index in [-0.39, 0.29) is 5.56 Å². The average molecular weight is 476 g/mol. The van der Waals surface area contributed by atoms with Crippen LogP contribution in [0.2, 0.25) is 0 Å². The number of carboxylic acid groups (broad SMARTS) is 1. The normalized spacial score (nSPS) is 14.5. The molecule has 0 radical (unpaired) electrons. The maximum atomic E-state index is 12.9. The van der Waals surface area contributed by atoms with Crippen molar-refractivity contribution in [3.63, 3.8) is 0 Å². The molecular weight excluding hydrogens is 460 g/mol. The van der Waals surface area contributed by atoms with Crippen LogP contribution in [0.3, 0.4) is 0 Å². The summed E-state index contributed by atoms with van der Waals surface area (Å²) in [5, 5.41) is 17.4. The molecule has 3 N–H and O–H groups in total. The van der Waals surface area contributed by atoms with Crippen LogP contribution >= 0.6 is 27.7 Å². The number of aromatic amines is 1. The molecule has 1 aliphatic heterocycles. The van der Waals surface area contributed by atoms with Crippen LogP contribution in [-0.4, -0.2) is 34.0 Å². The smallest absolute Gasteiger partial charge is 0.341 e. The van der Waals surface area contributed by atoms with Crippen LogP contribution in [-0.2, 0) is 4.79 Å². The summed E-state index contributed by atoms with van der Waals surface area (Å²) in [5.41, 5.74) is 2.27. The Kier molecular flexibility index (Phi) is 5.29. The van der Waals surface area contributed by atoms with E-state index >= 15 is 0 Å². The number of carboxylic acids is 1. The number of nitrogens with zero attached hydrogens (tertiary/aromatic N) is 2. The molecule has 1 aromatic heterocycles. The van der Waals surface area contributed by atoms with Crippen LogP contribution in [0.25, 0.3) is 11.3 Å². The molecule has 3 aromatic rings. The summed E-state index contributed by atoms with van der Waals surface area (Å²) >= 11 is 4.77. The fourth-order valence-electron chi connectivity index (χ4n) is 3.19. The van der Waals surface area contributed by atoms with Gasteiger partial charge in [0.1, 0.15) is 5.75 Å². The molecule has 148 valence electrons. The standard InChI is InChI=1S/C19H15BrN4O4S/c1-29-19-22-18(27)16-12-8-10(20)6-7-13(12)21-17(24(16)23-19)11-4-2-3-5-14(11)28-9-15(25)26/h2-8,17H,9H2,1H3,(H2,22,23,25,26,27)/p+1/t17-/m0/s1. The van der Waals surface area contributed by atoms with Gasteiger partial charge in [0.15, 0.2) is 6.61 Å². The quantitative estimate of drug-likeness (QED) is 0.384. The molecule has 10 heteroatoms. The first-order valence-corrected chi connectivity index (χ1v) is 10.6. The van der Waals surface area contributed by atoms with Crippen LogP contribution in [0.15, 0.2) is 56.9 Å². The Morgan fingerprint density at radius 3 is 2.90 bits per heavy atom. The number of anilines is 1. The maximum absolute atomic E-state index is 12.9. The highest BCUT2D eigenvalue weighted by atomic mass is 79.9. The zero-order valence-corrected chi connectivity index (χ0v) is 17.6. The van der Waals surface area contributed by atoms with Gasteiger partial charge in [0.05, 0.1) is 16.8 Å². The number of hydrogen-bond acceptors (Lipinski definition) is 6. The largest absolute Gasteiger partial charge is 0.481 e. The number of para-hydroxylation sites is 1. The lowest BCUT2D eigenvalue weighted by molar-refractivity contribution is -0.759. The predicted octanol–water partition coefficient (Wildman–Crippen LogP) is 2.64. The van der Waals surface area contributed by atoms with Gasteiger partial charge in [0.2, 0.25) is 5.16 Å². The molecule has 0 saturated carbocycles. The van der Waals surface area contributed by atoms with E-state index in [0.717, 1.165) is 10.2 Å². The van der Waals surface area contributed by atoms with E-state index in [1.165, 1.54) is 11.8 Å². The first kappa shape index (κ1) is 19.5. The fourth-order valence-corrected chi connectivity index (χ4v) is 3.92. The van der Waals surface area contributed by atoms with Crippen molar-refractivity contribution in [1.29, 1.82) is 0 Å². The molecule has 2 heterocycles. The zero-order valence-electron chi connectivity index (χ0n) is 15.2. The molecule has 4 rings (SSSR count). The summed E-state index contributed by atoms with van der Waals surface area (Å²) in [6.07, 6.45) is 1.27. The van der Waals surface area contributed by atoms with Gasteiger partial charge in [-0.15, -0.1) is 0 Å². The van der Waals surface area contributed by atoms with Crippen molar-refractivity contribution in [2.24, 2.45) is 0 Å². The van der Waals surface area contributed by atoms with E-state index in [1.807, 2.05) is 36.6 Å². The van der Waals surface area contributed by atoms with Crippen molar-refractivity contribution in [3.05, 3.63) is 62.9 Å². The van der Waals surface area contributed by atoms with E-state index in [0.29, 0.717) is 27.7 Å². The lowest BCUT2D eigenvalue weighted by Gasteiger charge is -2.23. The number of fused-ring (bicyclic) bond motifs is 3. The Morgan fingerprint density at radius 1 is 1.34 bits per heavy atom. The number of rotatable bonds is 5. The number of hydrogen-bond donors (Lipinski definition) is 3. The van der Waals surface area contributed by atoms with Gasteiger partial charge in [-0.25, -0.2) is 4.79 Å². The van der Waals surface area contributed by atoms with Crippen molar-refractivity contribution in [1.82, 2.24) is 10.1 Å². The van der Waals surface area contributed by atoms with Crippen molar-refractivity contribution < 1.29 is 19.3 Å². The van der Waals surface area contributed by atoms with Crippen molar-refractivity contribution in [2.75, 3.05) is 18.2 Å². The lowest BCUT2D eigenvalue weighted by atomic mass is 10.0. The summed E-state index contributed by atoms with van der Waals surface area (Å²) in [7, 11) is 0. The molecule has 2 aromatic carbocycles. The molecule has 1 atom stereocenters. The molecule has 0 amide bonds. The van der Waals surface area contributed by atoms with Gasteiger partial charge in [-0.1, -0.05) is 39.8 Å². The Hall–Kier alpha value is -2.85. The van der Waals surface area contributed by atoms with Crippen LogP contribution < -0.4 is 20.3 Å². The molecule has 0 saturated heterocycles. The van der Waals surface area contributed by atoms with E-state index in [4.69, 9.17) is 9.84 Å². The van der Waals surface area contributed by atoms with Crippen LogP contribution in [0, 0.1) is 0 Å². The fraction of sp³-hybridized carbons (Fsp3) is 0.158. The van der Waals surface area contributed by atoms with E-state index < -0.39 is 18.7 Å². The molecular formula is C19H16BrN4O4S+. The van der Waals surface area contributed by atoms with Gasteiger partial charge in [0, 0.05) is 9.57 Å². The van der Waals surface area contributed by atoms with Gasteiger partial charge in [-0.2, -0.15) is 0 Å². The number of carbonyl (C=O) groups is 1. The second-order valence-electron chi connectivity index (χ2n) is 6.21. The third kappa shape index (κ3) is 3.73. The topological polar surface area (TPSA) is 108 Å². The number of nitrogens with one attached hydrogen (secondary N) is 2. The number of aromatic nitrogens is 3. The molecule has 0 aliphatic carbocycles. The van der Waals surface area contributed by atoms with Gasteiger partial charge in [-0.05, 0) is 41.3 Å². The number of H-pyrrole nitrogens is 1. The Morgan fingerprint density at radius 2 is 2.14 bits per heavy atom. The minimum atomic E-state index is -1.07. The third-order valence-corrected chi connectivity index (χ3v) is 5.46. The molecule has 0 unspecified atom stereocenters. The molecule has 1 aliphatic rings. The first-order valence-electron chi connectivity index (χ1n) is 8.58. The van der Waals surface area contributed by atoms with Crippen molar-refractivity contribution in [2.45, 2.75) is 11.3 Å². The summed E-state index contributed by atoms with van der Waals surface area (Å²) in [4.78, 5) is 26.7. The number of ether oxygens (including phenoxy) is 1. The highest BCUT2D eigenvalue weighted by Crippen LogP contribution is 2.36. The predicted molar refractivity (Wildman–Crippen MR) is 111 cm³/mol. The SMILES string of the molecule is CSc1n[n+]2c(c(=O)[nH]1)-c1cc(Br)ccc1N[C@@H]2c1ccccc1OCC(=O)O. The highest BCUT2D eigenvalue weighted by Gasteiger charge is 2.39. The number of aliphatic carboxylic acids is 1. The van der Waals surface area contributed by atoms with Gasteiger partial charge >= 0.3 is 17.2 Å². The number of benzene rings is 2. The molecule has 29 heavy (non-hydrogen) atoms. The summed E-state index contributed by atoms with van der Waals surface area (Å²) in [6.45, 7) is -0.469. The van der Waals surface area contributed by atoms with Gasteiger partial charge in [0.25, 0.3) is 6.17 Å². The highest BCUT2D eigenvalue weighted by molar-refractivity contribution is 9.10. The van der Waals surface area contributed by atoms with Crippen molar-refractivity contribution in [3.8, 4) is 17.0 Å². The van der Waals surface area contributed by atoms with E-state index in [9.17, 15) is 9.59 Å². The molecule has 0 fully saturated rings. The van der Waals surface area contributed by atoms with Crippen LogP contribution in [0.1, 0.15) is 11.7 Å². The second kappa shape index (κ2) is 7.88. The zero-order chi connectivity index (χ0) is 20.5. The van der Waals surface area contributed by atoms with Crippen molar-refractivity contribution >= 4 is 39.3 Å². The van der Waals surface area contributed by atoms with Gasteiger partial charge in [-0.3, -0.25) is 9.78 Å². The van der Waals surface area contributed by atoms with Crippen LogP contribution in [0.5, 0.6) is 5.75 Å². The Bertz CT molecular complexity index is 1170. The average Bonchev–Trinajstić information content (AvgIpc) is 2.71. The Balaban J connectivity index is 1.92. The molecule has 8 nitrogen and oxygen atoms in total. The number of halogens is 1. The lowest BCUT2D eigenvalue weighted by Crippen LogP contribution is -2.55. The monoisotopic (exact) mass is 475 g/mol. The molecule has 0 bridgehead atoms. The maximum Gasteiger partial charge on any atom is 0.341 e. The van der Waals surface area contributed by atoms with E-state index in [2.05, 4.69) is 31.3 Å². The van der Waals surface area contributed by atoms with E-state index in [1.54, 1.807) is 16.8 Å². The first-order chi connectivity index (χ1) is 14.0. The third-order valence-electron chi connectivity index (χ3n) is 4.39. The Labute approximate surface area is 178 Å². The summed E-state index contributed by atoms with van der Waals surface area (Å²) in [6, 6.07) is 12.7. The number of thioether (sulfide) groups is 1. The van der Waals surface area contributed by atoms with Crippen LogP contribution in [0.4, 0.5) is 5.69 Å². The minimum Gasteiger partial charge on any atom is -0.481 e. The summed E-state index contributed by atoms with van der Waals surface area (Å²) in [5.74, 6) is -0.668. The summed E-state index contributed by atoms with van der Waals surface area (Å²) < 4.78 is 7.93. The minimum absolute atomic E-state index is 0.265. The second-order valence-corrected chi connectivity index (χ2v) is 7.92. The van der Waals surface area contributed by atoms with Gasteiger partial charge < -0.3 is 15.2 Å².